The van der Waals surface area contributed by atoms with E-state index in [4.69, 9.17) is 0 Å². The number of hydrogen-bond donors (Lipinski definition) is 0. The van der Waals surface area contributed by atoms with Gasteiger partial charge >= 0.3 is 0 Å². The first kappa shape index (κ1) is 5.86. The Bertz CT molecular complexity index is 64.0. The summed E-state index contributed by atoms with van der Waals surface area (Å²) in [4.78, 5) is 0. The third-order valence-electron chi connectivity index (χ3n) is 0.379. The standard InChI is InChI=1S/C4H3O.V/c1-2-4-5-3-1;/h1-3H;/q-1;. The van der Waals surface area contributed by atoms with Gasteiger partial charge in [-0.1, -0.05) is 6.26 Å². The molecule has 0 amide bonds. The summed E-state index contributed by atoms with van der Waals surface area (Å²) in [6.07, 6.45) is 4.06. The SMILES string of the molecule is [V].[c-]1ccco1. The zero-order chi connectivity index (χ0) is 3.54. The van der Waals surface area contributed by atoms with Gasteiger partial charge in [-0.2, -0.15) is 6.07 Å². The third-order valence-corrected chi connectivity index (χ3v) is 0.379. The zero-order valence-corrected chi connectivity index (χ0v) is 4.48. The van der Waals surface area contributed by atoms with Crippen LogP contribution in [-0.2, 0) is 18.6 Å². The van der Waals surface area contributed by atoms with Gasteiger partial charge in [0.25, 0.3) is 0 Å². The first-order valence-electron chi connectivity index (χ1n) is 1.40. The molecular formula is C4H3OV-. The van der Waals surface area contributed by atoms with Crippen LogP contribution < -0.4 is 0 Å². The summed E-state index contributed by atoms with van der Waals surface area (Å²) >= 11 is 0. The zero-order valence-electron chi connectivity index (χ0n) is 3.09. The van der Waals surface area contributed by atoms with E-state index in [2.05, 4.69) is 10.7 Å². The Morgan fingerprint density at radius 2 is 2.33 bits per heavy atom. The Hall–Kier alpha value is -0.136. The molecule has 1 aromatic rings. The molecule has 0 aliphatic rings. The van der Waals surface area contributed by atoms with Gasteiger partial charge in [0, 0.05) is 18.6 Å². The van der Waals surface area contributed by atoms with Gasteiger partial charge in [0.05, 0.1) is 0 Å². The number of rotatable bonds is 0. The van der Waals surface area contributed by atoms with Gasteiger partial charge in [-0.05, 0) is 6.26 Å². The third kappa shape index (κ3) is 1.34. The normalized spacial score (nSPS) is 6.67. The molecule has 2 heteroatoms. The van der Waals surface area contributed by atoms with Crippen molar-refractivity contribution in [2.75, 3.05) is 0 Å². The predicted molar refractivity (Wildman–Crippen MR) is 17.5 cm³/mol. The molecule has 1 nitrogen and oxygen atoms in total. The molecule has 1 radical (unpaired) electrons. The number of furan rings is 1. The fourth-order valence-electron chi connectivity index (χ4n) is 0.196. The van der Waals surface area contributed by atoms with Crippen molar-refractivity contribution in [3.8, 4) is 0 Å². The second-order valence-electron chi connectivity index (χ2n) is 0.731. The molecule has 0 bridgehead atoms. The molecule has 0 fully saturated rings. The Morgan fingerprint density at radius 1 is 1.50 bits per heavy atom. The fourth-order valence-corrected chi connectivity index (χ4v) is 0.196. The molecule has 0 atom stereocenters. The summed E-state index contributed by atoms with van der Waals surface area (Å²) in [6.45, 7) is 0. The Balaban J connectivity index is 0.000000250. The van der Waals surface area contributed by atoms with Crippen LogP contribution in [0.25, 0.3) is 0 Å². The summed E-state index contributed by atoms with van der Waals surface area (Å²) in [5.41, 5.74) is 0. The van der Waals surface area contributed by atoms with Gasteiger partial charge in [0.2, 0.25) is 0 Å². The van der Waals surface area contributed by atoms with E-state index in [0.29, 0.717) is 0 Å². The molecule has 0 aromatic carbocycles. The Morgan fingerprint density at radius 3 is 2.50 bits per heavy atom. The maximum absolute atomic E-state index is 4.46. The average molecular weight is 118 g/mol. The largest absolute Gasteiger partial charge is 0.599 e. The molecule has 1 aromatic heterocycles. The molecule has 31 valence electrons. The molecule has 0 spiro atoms. The number of hydrogen-bond acceptors (Lipinski definition) is 1. The summed E-state index contributed by atoms with van der Waals surface area (Å²) in [5.74, 6) is 0. The predicted octanol–water partition coefficient (Wildman–Crippen LogP) is 1.08. The molecule has 0 unspecified atom stereocenters. The molecular weight excluding hydrogens is 115 g/mol. The molecule has 0 aliphatic heterocycles. The smallest absolute Gasteiger partial charge is 0 e. The fraction of sp³-hybridized carbons (Fsp3) is 0. The van der Waals surface area contributed by atoms with E-state index < -0.39 is 0 Å². The van der Waals surface area contributed by atoms with Gasteiger partial charge in [0.15, 0.2) is 0 Å². The second-order valence-corrected chi connectivity index (χ2v) is 0.731. The van der Waals surface area contributed by atoms with E-state index >= 15 is 0 Å². The van der Waals surface area contributed by atoms with Crippen molar-refractivity contribution >= 4 is 0 Å². The minimum absolute atomic E-state index is 0. The van der Waals surface area contributed by atoms with Crippen molar-refractivity contribution in [3.05, 3.63) is 24.7 Å². The van der Waals surface area contributed by atoms with Gasteiger partial charge in [-0.25, -0.2) is 0 Å². The summed E-state index contributed by atoms with van der Waals surface area (Å²) < 4.78 is 4.46. The Kier molecular flexibility index (Phi) is 3.00. The topological polar surface area (TPSA) is 13.1 Å². The minimum atomic E-state index is 0. The van der Waals surface area contributed by atoms with Crippen LogP contribution in [0.4, 0.5) is 0 Å². The summed E-state index contributed by atoms with van der Waals surface area (Å²) in [6, 6.07) is 3.49. The maximum atomic E-state index is 4.46. The van der Waals surface area contributed by atoms with Gasteiger partial charge in [0.1, 0.15) is 0 Å². The summed E-state index contributed by atoms with van der Waals surface area (Å²) in [5, 5.41) is 0. The quantitative estimate of drug-likeness (QED) is 0.464. The van der Waals surface area contributed by atoms with Gasteiger partial charge in [-0.3, -0.25) is 0 Å². The minimum Gasteiger partial charge on any atom is -0.599 e. The average Bonchev–Trinajstić information content (AvgIpc) is 1.76. The van der Waals surface area contributed by atoms with E-state index in [0.717, 1.165) is 0 Å². The molecule has 0 N–H and O–H groups in total. The molecule has 1 heterocycles. The van der Waals surface area contributed by atoms with Crippen molar-refractivity contribution < 1.29 is 23.0 Å². The summed E-state index contributed by atoms with van der Waals surface area (Å²) in [7, 11) is 0. The van der Waals surface area contributed by atoms with E-state index in [1.807, 2.05) is 0 Å². The second kappa shape index (κ2) is 3.07. The monoisotopic (exact) mass is 118 g/mol. The van der Waals surface area contributed by atoms with Crippen molar-refractivity contribution in [2.24, 2.45) is 0 Å². The van der Waals surface area contributed by atoms with Crippen LogP contribution in [0.15, 0.2) is 22.8 Å². The first-order valence-corrected chi connectivity index (χ1v) is 1.40. The van der Waals surface area contributed by atoms with Crippen LogP contribution in [0.2, 0.25) is 0 Å². The van der Waals surface area contributed by atoms with Crippen molar-refractivity contribution in [1.82, 2.24) is 0 Å². The van der Waals surface area contributed by atoms with Crippen molar-refractivity contribution in [3.63, 3.8) is 0 Å². The van der Waals surface area contributed by atoms with Gasteiger partial charge in [-0.15, -0.1) is 6.07 Å². The van der Waals surface area contributed by atoms with E-state index in [-0.39, 0.29) is 18.6 Å². The van der Waals surface area contributed by atoms with Gasteiger partial charge < -0.3 is 4.42 Å². The molecule has 6 heavy (non-hydrogen) atoms. The molecule has 0 saturated carbocycles. The van der Waals surface area contributed by atoms with Crippen LogP contribution in [0.3, 0.4) is 0 Å². The Labute approximate surface area is 48.2 Å². The molecule has 0 saturated heterocycles. The maximum Gasteiger partial charge on any atom is 0 e. The van der Waals surface area contributed by atoms with Crippen LogP contribution in [0.5, 0.6) is 0 Å². The molecule has 0 aliphatic carbocycles. The van der Waals surface area contributed by atoms with E-state index in [1.165, 1.54) is 0 Å². The van der Waals surface area contributed by atoms with E-state index in [1.54, 1.807) is 18.4 Å². The van der Waals surface area contributed by atoms with Crippen molar-refractivity contribution in [1.29, 1.82) is 0 Å². The molecule has 1 rings (SSSR count). The van der Waals surface area contributed by atoms with Crippen molar-refractivity contribution in [2.45, 2.75) is 0 Å². The first-order chi connectivity index (χ1) is 2.50. The van der Waals surface area contributed by atoms with Crippen LogP contribution >= 0.6 is 0 Å². The van der Waals surface area contributed by atoms with Crippen LogP contribution in [0, 0.1) is 6.26 Å². The van der Waals surface area contributed by atoms with E-state index in [9.17, 15) is 0 Å². The van der Waals surface area contributed by atoms with Crippen LogP contribution in [0.1, 0.15) is 0 Å². The van der Waals surface area contributed by atoms with Crippen LogP contribution in [-0.4, -0.2) is 0 Å².